The topological polar surface area (TPSA) is 44.8 Å². The van der Waals surface area contributed by atoms with Crippen LogP contribution >= 0.6 is 0 Å². The summed E-state index contributed by atoms with van der Waals surface area (Å²) in [6, 6.07) is 0. The lowest BCUT2D eigenvalue weighted by molar-refractivity contribution is -0.145. The monoisotopic (exact) mass is 701 g/mol. The molecule has 3 aliphatic carbocycles. The third kappa shape index (κ3) is 9.67. The lowest BCUT2D eigenvalue weighted by Gasteiger charge is -2.46. The lowest BCUT2D eigenvalue weighted by Crippen LogP contribution is -2.49. The maximum Gasteiger partial charge on any atom is 0.306 e. The molecule has 3 aliphatic rings. The van der Waals surface area contributed by atoms with E-state index < -0.39 is 16.6 Å². The van der Waals surface area contributed by atoms with E-state index >= 15 is 0 Å². The van der Waals surface area contributed by atoms with E-state index in [1.807, 2.05) is 6.92 Å². The molecule has 0 bridgehead atoms. The van der Waals surface area contributed by atoms with Crippen LogP contribution in [0.2, 0.25) is 36.3 Å². The van der Waals surface area contributed by atoms with Crippen LogP contribution in [0.4, 0.5) is 0 Å². The molecular weight excluding hydrogens is 625 g/mol. The van der Waals surface area contributed by atoms with Gasteiger partial charge in [-0.25, -0.2) is 0 Å². The summed E-state index contributed by atoms with van der Waals surface area (Å²) >= 11 is 0. The van der Waals surface area contributed by atoms with Crippen LogP contribution in [0.3, 0.4) is 0 Å². The molecule has 6 heteroatoms. The van der Waals surface area contributed by atoms with Gasteiger partial charge in [-0.3, -0.25) is 4.79 Å². The minimum Gasteiger partial charge on any atom is -0.466 e. The number of hydrogen-bond acceptors (Lipinski definition) is 4. The molecule has 0 saturated heterocycles. The van der Waals surface area contributed by atoms with Crippen LogP contribution in [0.15, 0.2) is 35.5 Å². The molecule has 0 heterocycles. The van der Waals surface area contributed by atoms with Crippen LogP contribution in [-0.2, 0) is 18.4 Å². The average Bonchev–Trinajstić information content (AvgIpc) is 3.32. The summed E-state index contributed by atoms with van der Waals surface area (Å²) in [5, 5.41) is 0.280. The molecule has 0 aromatic heterocycles. The second-order valence-corrected chi connectivity index (χ2v) is 28.7. The smallest absolute Gasteiger partial charge is 0.306 e. The maximum atomic E-state index is 12.6. The predicted molar refractivity (Wildman–Crippen MR) is 210 cm³/mol. The van der Waals surface area contributed by atoms with Gasteiger partial charge in [0.2, 0.25) is 0 Å². The van der Waals surface area contributed by atoms with Gasteiger partial charge in [-0.15, -0.1) is 0 Å². The summed E-state index contributed by atoms with van der Waals surface area (Å²) in [7, 11) is -4.00. The summed E-state index contributed by atoms with van der Waals surface area (Å²) in [5.41, 5.74) is 4.54. The first-order valence-electron chi connectivity index (χ1n) is 19.7. The second kappa shape index (κ2) is 16.2. The largest absolute Gasteiger partial charge is 0.466 e. The second-order valence-electron chi connectivity index (χ2n) is 19.1. The van der Waals surface area contributed by atoms with Crippen LogP contribution < -0.4 is 0 Å². The maximum absolute atomic E-state index is 12.6. The van der Waals surface area contributed by atoms with Gasteiger partial charge >= 0.3 is 5.97 Å². The fourth-order valence-electron chi connectivity index (χ4n) is 8.61. The van der Waals surface area contributed by atoms with Crippen molar-refractivity contribution in [1.29, 1.82) is 0 Å². The summed E-state index contributed by atoms with van der Waals surface area (Å²) in [6.07, 6.45) is 17.2. The Balaban J connectivity index is 1.90. The molecule has 0 N–H and O–H groups in total. The first kappa shape index (κ1) is 41.5. The molecule has 3 rings (SSSR count). The van der Waals surface area contributed by atoms with Crippen LogP contribution in [0, 0.1) is 29.1 Å². The van der Waals surface area contributed by atoms with Crippen molar-refractivity contribution in [2.24, 2.45) is 29.1 Å². The third-order valence-electron chi connectivity index (χ3n) is 13.8. The van der Waals surface area contributed by atoms with E-state index in [4.69, 9.17) is 13.6 Å². The summed E-state index contributed by atoms with van der Waals surface area (Å²) in [5.74, 6) is 2.20. The van der Waals surface area contributed by atoms with Crippen molar-refractivity contribution in [3.63, 3.8) is 0 Å². The van der Waals surface area contributed by atoms with Gasteiger partial charge in [0, 0.05) is 6.42 Å². The number of fused-ring (bicyclic) bond motifs is 1. The van der Waals surface area contributed by atoms with Gasteiger partial charge in [-0.2, -0.15) is 0 Å². The Morgan fingerprint density at radius 1 is 0.958 bits per heavy atom. The number of unbranched alkanes of at least 4 members (excludes halogenated alkanes) is 1. The summed E-state index contributed by atoms with van der Waals surface area (Å²) < 4.78 is 19.7. The molecule has 4 nitrogen and oxygen atoms in total. The zero-order valence-corrected chi connectivity index (χ0v) is 35.9. The lowest BCUT2D eigenvalue weighted by atomic mass is 9.59. The Labute approximate surface area is 299 Å². The van der Waals surface area contributed by atoms with Gasteiger partial charge < -0.3 is 13.6 Å². The van der Waals surface area contributed by atoms with E-state index in [2.05, 4.69) is 107 Å². The number of carbonyl (C=O) groups excluding carboxylic acids is 1. The van der Waals surface area contributed by atoms with Crippen LogP contribution in [-0.4, -0.2) is 41.4 Å². The Morgan fingerprint density at radius 2 is 1.52 bits per heavy atom. The van der Waals surface area contributed by atoms with E-state index in [1.165, 1.54) is 50.5 Å². The third-order valence-corrected chi connectivity index (χ3v) is 22.8. The fraction of sp³-hybridized carbons (Fsp3) is 0.833. The highest BCUT2D eigenvalue weighted by molar-refractivity contribution is 6.74. The molecule has 276 valence electrons. The number of carbonyl (C=O) groups is 1. The van der Waals surface area contributed by atoms with Crippen molar-refractivity contribution >= 4 is 22.6 Å². The standard InChI is InChI=1S/C42H76O4Si2/c1-16-18-20-34(29-39(43)44-17-2)30(3)35-24-25-36-33(21-19-26-42(35,36)11)23-22-32-27-37(45-47(12,13)40(5,6)7)31(4)38(28-32)46-48(14,15)41(8,9)10/h22-23,30,34-38H,4,16-21,24-29H2,1-3,5-15H3/b33-23+/t30-,34-,35-,36+,37-,38-,42-/m1/s1. The van der Waals surface area contributed by atoms with Crippen LogP contribution in [0.1, 0.15) is 140 Å². The van der Waals surface area contributed by atoms with Crippen molar-refractivity contribution in [2.75, 3.05) is 6.61 Å². The number of rotatable bonds is 13. The fourth-order valence-corrected chi connectivity index (χ4v) is 11.2. The van der Waals surface area contributed by atoms with Gasteiger partial charge in [0.15, 0.2) is 16.6 Å². The van der Waals surface area contributed by atoms with Crippen molar-refractivity contribution in [1.82, 2.24) is 0 Å². The first-order chi connectivity index (χ1) is 22.1. The van der Waals surface area contributed by atoms with E-state index in [0.717, 1.165) is 24.8 Å². The van der Waals surface area contributed by atoms with Crippen molar-refractivity contribution < 1.29 is 18.4 Å². The van der Waals surface area contributed by atoms with Gasteiger partial charge in [-0.05, 0) is 129 Å². The molecule has 0 aromatic rings. The van der Waals surface area contributed by atoms with Crippen LogP contribution in [0.25, 0.3) is 0 Å². The number of allylic oxidation sites excluding steroid dienone is 3. The molecular formula is C42H76O4Si2. The first-order valence-corrected chi connectivity index (χ1v) is 25.5. The average molecular weight is 701 g/mol. The van der Waals surface area contributed by atoms with E-state index in [1.54, 1.807) is 5.57 Å². The Hall–Kier alpha value is -0.956. The van der Waals surface area contributed by atoms with Crippen molar-refractivity contribution in [3.05, 3.63) is 35.5 Å². The van der Waals surface area contributed by atoms with E-state index in [-0.39, 0.29) is 28.3 Å². The van der Waals surface area contributed by atoms with Crippen molar-refractivity contribution in [2.45, 2.75) is 188 Å². The Morgan fingerprint density at radius 3 is 2.02 bits per heavy atom. The van der Waals surface area contributed by atoms with Gasteiger partial charge in [0.25, 0.3) is 0 Å². The molecule has 0 radical (unpaired) electrons. The zero-order chi connectivity index (χ0) is 36.3. The Kier molecular flexibility index (Phi) is 14.0. The van der Waals surface area contributed by atoms with Gasteiger partial charge in [-0.1, -0.05) is 105 Å². The predicted octanol–water partition coefficient (Wildman–Crippen LogP) is 12.6. The van der Waals surface area contributed by atoms with Gasteiger partial charge in [0.1, 0.15) is 0 Å². The molecule has 0 aromatic carbocycles. The van der Waals surface area contributed by atoms with Crippen molar-refractivity contribution in [3.8, 4) is 0 Å². The molecule has 3 saturated carbocycles. The normalized spacial score (nSPS) is 29.5. The molecule has 7 atom stereocenters. The summed E-state index contributed by atoms with van der Waals surface area (Å²) in [4.78, 5) is 12.6. The molecule has 0 aliphatic heterocycles. The minimum absolute atomic E-state index is 0.00634. The van der Waals surface area contributed by atoms with E-state index in [9.17, 15) is 4.79 Å². The van der Waals surface area contributed by atoms with Gasteiger partial charge in [0.05, 0.1) is 18.8 Å². The highest BCUT2D eigenvalue weighted by atomic mass is 28.4. The highest BCUT2D eigenvalue weighted by Gasteiger charge is 2.52. The number of esters is 1. The molecule has 0 spiro atoms. The SMILES string of the molecule is C=C1[C@H](O[Si](C)(C)C(C)(C)C)CC(=C/C=C2\CCC[C@]3(C)[C@@H]([C@H](C)[C@H](CCCC)CC(=O)OCC)CC[C@@H]23)C[C@H]1O[Si](C)(C)C(C)(C)C. The molecule has 0 amide bonds. The number of ether oxygens (including phenoxy) is 1. The van der Waals surface area contributed by atoms with E-state index in [0.29, 0.717) is 42.1 Å². The highest BCUT2D eigenvalue weighted by Crippen LogP contribution is 2.60. The quantitative estimate of drug-likeness (QED) is 0.109. The minimum atomic E-state index is -2.00. The molecule has 3 fully saturated rings. The number of hydrogen-bond donors (Lipinski definition) is 0. The zero-order valence-electron chi connectivity index (χ0n) is 33.9. The summed E-state index contributed by atoms with van der Waals surface area (Å²) in [6.45, 7) is 37.8. The molecule has 48 heavy (non-hydrogen) atoms. The Bertz CT molecular complexity index is 1130. The van der Waals surface area contributed by atoms with Crippen LogP contribution in [0.5, 0.6) is 0 Å². The molecule has 0 unspecified atom stereocenters.